The van der Waals surface area contributed by atoms with Crippen molar-refractivity contribution < 1.29 is 18.3 Å². The molecule has 12 heteroatoms. The first-order valence-electron chi connectivity index (χ1n) is 8.92. The molecule has 4 rings (SSSR count). The number of alkyl halides is 2. The van der Waals surface area contributed by atoms with Crippen molar-refractivity contribution in [3.05, 3.63) is 35.2 Å². The molecule has 0 bridgehead atoms. The number of carbonyl (C=O) groups is 1. The molecule has 0 saturated carbocycles. The summed E-state index contributed by atoms with van der Waals surface area (Å²) in [6.45, 7) is 0.667. The Morgan fingerprint density at radius 3 is 2.73 bits per heavy atom. The van der Waals surface area contributed by atoms with E-state index in [0.717, 1.165) is 12.1 Å². The molecule has 2 aromatic heterocycles. The van der Waals surface area contributed by atoms with Gasteiger partial charge in [0.15, 0.2) is 11.5 Å². The van der Waals surface area contributed by atoms with Gasteiger partial charge >= 0.3 is 0 Å². The Labute approximate surface area is 190 Å². The number of pyridine rings is 1. The van der Waals surface area contributed by atoms with E-state index < -0.39 is 6.43 Å². The molecule has 3 aromatic rings. The SMILES string of the molecule is COc1cc(N2CCCC2=O)ccc1Nc1cc(Cl)nc2c1nc(C(F)F)n2PI. The second kappa shape index (κ2) is 8.76. The number of fused-ring (bicyclic) bond motifs is 1. The number of aromatic nitrogens is 3. The lowest BCUT2D eigenvalue weighted by molar-refractivity contribution is -0.117. The number of benzene rings is 1. The van der Waals surface area contributed by atoms with Crippen LogP contribution in [0.1, 0.15) is 25.1 Å². The third kappa shape index (κ3) is 3.92. The van der Waals surface area contributed by atoms with Gasteiger partial charge in [-0.3, -0.25) is 9.13 Å². The molecule has 1 aliphatic heterocycles. The third-order valence-electron chi connectivity index (χ3n) is 4.73. The van der Waals surface area contributed by atoms with Gasteiger partial charge in [0.05, 0.1) is 24.9 Å². The predicted molar refractivity (Wildman–Crippen MR) is 123 cm³/mol. The van der Waals surface area contributed by atoms with Crippen LogP contribution in [0.5, 0.6) is 5.75 Å². The number of halogens is 4. The number of methoxy groups -OCH3 is 1. The molecule has 1 saturated heterocycles. The topological polar surface area (TPSA) is 72.3 Å². The van der Waals surface area contributed by atoms with Crippen LogP contribution < -0.4 is 15.0 Å². The summed E-state index contributed by atoms with van der Waals surface area (Å²) in [6.07, 6.45) is -1.40. The molecule has 1 N–H and O–H groups in total. The maximum Gasteiger partial charge on any atom is 0.295 e. The molecule has 1 fully saturated rings. The van der Waals surface area contributed by atoms with Crippen molar-refractivity contribution in [1.29, 1.82) is 0 Å². The molecule has 1 atom stereocenters. The van der Waals surface area contributed by atoms with Gasteiger partial charge in [-0.2, -0.15) is 0 Å². The summed E-state index contributed by atoms with van der Waals surface area (Å²) < 4.78 is 33.7. The van der Waals surface area contributed by atoms with E-state index >= 15 is 0 Å². The summed E-state index contributed by atoms with van der Waals surface area (Å²) in [5.41, 5.74) is 2.34. The van der Waals surface area contributed by atoms with E-state index in [0.29, 0.717) is 35.6 Å². The molecule has 0 radical (unpaired) electrons. The van der Waals surface area contributed by atoms with Gasteiger partial charge in [0.2, 0.25) is 5.91 Å². The van der Waals surface area contributed by atoms with Crippen LogP contribution in [0.3, 0.4) is 0 Å². The highest BCUT2D eigenvalue weighted by Crippen LogP contribution is 2.40. The minimum atomic E-state index is -2.74. The molecule has 30 heavy (non-hydrogen) atoms. The van der Waals surface area contributed by atoms with Crippen molar-refractivity contribution in [3.8, 4) is 5.75 Å². The van der Waals surface area contributed by atoms with Crippen LogP contribution in [0.4, 0.5) is 25.8 Å². The number of hydrogen-bond acceptors (Lipinski definition) is 5. The minimum absolute atomic E-state index is 0.0101. The lowest BCUT2D eigenvalue weighted by Crippen LogP contribution is -2.23. The third-order valence-corrected chi connectivity index (χ3v) is 6.98. The van der Waals surface area contributed by atoms with Gasteiger partial charge in [-0.1, -0.05) is 11.6 Å². The van der Waals surface area contributed by atoms with E-state index in [-0.39, 0.29) is 28.9 Å². The molecule has 1 aliphatic rings. The average molecular weight is 566 g/mol. The summed E-state index contributed by atoms with van der Waals surface area (Å²) in [6, 6.07) is 6.87. The number of rotatable bonds is 6. The van der Waals surface area contributed by atoms with Crippen molar-refractivity contribution in [3.63, 3.8) is 0 Å². The second-order valence-electron chi connectivity index (χ2n) is 6.51. The van der Waals surface area contributed by atoms with Crippen molar-refractivity contribution in [2.45, 2.75) is 19.3 Å². The highest BCUT2D eigenvalue weighted by atomic mass is 127. The standard InChI is InChI=1S/C18H16ClF2IN5O2P/c1-29-12-7-9(26-6-2-3-14(26)28)4-5-10(12)23-11-8-13(19)24-17-15(11)25-18(16(20)21)27(17)30-22/h4-5,7-8,16,30H,2-3,6H2,1H3,(H,23,24). The normalized spacial score (nSPS) is 14.6. The molecular formula is C18H16ClF2IN5O2P. The van der Waals surface area contributed by atoms with Gasteiger partial charge < -0.3 is 15.0 Å². The number of anilines is 3. The fourth-order valence-corrected chi connectivity index (χ4v) is 5.46. The molecule has 1 unspecified atom stereocenters. The summed E-state index contributed by atoms with van der Waals surface area (Å²) in [5, 5.41) is 3.32. The molecule has 0 aliphatic carbocycles. The summed E-state index contributed by atoms with van der Waals surface area (Å²) >= 11 is 8.16. The Morgan fingerprint density at radius 1 is 1.30 bits per heavy atom. The maximum absolute atomic E-state index is 13.4. The summed E-state index contributed by atoms with van der Waals surface area (Å²) in [4.78, 5) is 22.0. The van der Waals surface area contributed by atoms with Crippen LogP contribution in [0, 0.1) is 0 Å². The molecule has 7 nitrogen and oxygen atoms in total. The fraction of sp³-hybridized carbons (Fsp3) is 0.278. The van der Waals surface area contributed by atoms with Crippen LogP contribution >= 0.6 is 40.0 Å². The maximum atomic E-state index is 13.4. The predicted octanol–water partition coefficient (Wildman–Crippen LogP) is 5.69. The van der Waals surface area contributed by atoms with Crippen LogP contribution in [-0.4, -0.2) is 33.9 Å². The number of carbonyl (C=O) groups excluding carboxylic acids is 1. The van der Waals surface area contributed by atoms with E-state index in [9.17, 15) is 13.6 Å². The monoisotopic (exact) mass is 565 g/mol. The van der Waals surface area contributed by atoms with Gasteiger partial charge in [-0.15, -0.1) is 0 Å². The Hall–Kier alpha value is -1.78. The van der Waals surface area contributed by atoms with E-state index in [4.69, 9.17) is 16.3 Å². The van der Waals surface area contributed by atoms with E-state index in [1.807, 2.05) is 28.1 Å². The van der Waals surface area contributed by atoms with Crippen LogP contribution in [0.2, 0.25) is 5.15 Å². The Bertz CT molecular complexity index is 1130. The zero-order valence-corrected chi connectivity index (χ0v) is 19.5. The average Bonchev–Trinajstić information content (AvgIpc) is 3.31. The van der Waals surface area contributed by atoms with Gasteiger partial charge in [0, 0.05) is 30.8 Å². The van der Waals surface area contributed by atoms with Crippen molar-refractivity contribution >= 4 is 74.1 Å². The molecule has 3 heterocycles. The van der Waals surface area contributed by atoms with E-state index in [1.165, 1.54) is 17.5 Å². The van der Waals surface area contributed by atoms with Crippen molar-refractivity contribution in [2.24, 2.45) is 0 Å². The van der Waals surface area contributed by atoms with E-state index in [1.54, 1.807) is 17.0 Å². The lowest BCUT2D eigenvalue weighted by atomic mass is 10.2. The molecule has 158 valence electrons. The van der Waals surface area contributed by atoms with E-state index in [2.05, 4.69) is 15.3 Å². The number of nitrogens with one attached hydrogen (secondary N) is 1. The van der Waals surface area contributed by atoms with Gasteiger partial charge in [-0.05, 0) is 40.6 Å². The van der Waals surface area contributed by atoms with Crippen LogP contribution in [0.25, 0.3) is 11.2 Å². The van der Waals surface area contributed by atoms with Crippen molar-refractivity contribution in [2.75, 3.05) is 23.9 Å². The first kappa shape index (κ1) is 21.5. The number of amides is 1. The zero-order chi connectivity index (χ0) is 21.4. The molecule has 1 aromatic carbocycles. The Balaban J connectivity index is 1.76. The van der Waals surface area contributed by atoms with Crippen LogP contribution in [-0.2, 0) is 4.79 Å². The first-order chi connectivity index (χ1) is 14.4. The van der Waals surface area contributed by atoms with Gasteiger partial charge in [0.25, 0.3) is 6.43 Å². The molecular weight excluding hydrogens is 550 g/mol. The van der Waals surface area contributed by atoms with Crippen LogP contribution in [0.15, 0.2) is 24.3 Å². The highest BCUT2D eigenvalue weighted by Gasteiger charge is 2.24. The van der Waals surface area contributed by atoms with Crippen molar-refractivity contribution in [1.82, 2.24) is 14.3 Å². The largest absolute Gasteiger partial charge is 0.494 e. The fourth-order valence-electron chi connectivity index (χ4n) is 3.38. The molecule has 1 amide bonds. The molecule has 0 spiro atoms. The number of ether oxygens (including phenoxy) is 1. The lowest BCUT2D eigenvalue weighted by Gasteiger charge is -2.19. The van der Waals surface area contributed by atoms with Gasteiger partial charge in [-0.25, -0.2) is 18.7 Å². The number of imidazole rings is 1. The number of nitrogens with zero attached hydrogens (tertiary/aromatic N) is 4. The quantitative estimate of drug-likeness (QED) is 0.236. The summed E-state index contributed by atoms with van der Waals surface area (Å²) in [5.74, 6) is 0.216. The minimum Gasteiger partial charge on any atom is -0.494 e. The second-order valence-corrected chi connectivity index (χ2v) is 8.96. The van der Waals surface area contributed by atoms with Gasteiger partial charge in [0.1, 0.15) is 16.4 Å². The zero-order valence-electron chi connectivity index (χ0n) is 15.6. The Kier molecular flexibility index (Phi) is 6.26. The first-order valence-corrected chi connectivity index (χ1v) is 13.4. The Morgan fingerprint density at radius 2 is 2.10 bits per heavy atom. The highest BCUT2D eigenvalue weighted by molar-refractivity contribution is 14.2. The number of hydrogen-bond donors (Lipinski definition) is 1. The summed E-state index contributed by atoms with van der Waals surface area (Å²) in [7, 11) is 1.52. The smallest absolute Gasteiger partial charge is 0.295 e.